The van der Waals surface area contributed by atoms with Crippen molar-refractivity contribution in [2.75, 3.05) is 0 Å². The zero-order valence-corrected chi connectivity index (χ0v) is 33.1. The Bertz CT molecular complexity index is 2300. The molecular weight excluding hydrogens is 729 g/mol. The molecule has 2 aromatic rings. The van der Waals surface area contributed by atoms with E-state index in [1.807, 2.05) is 22.7 Å². The van der Waals surface area contributed by atoms with Gasteiger partial charge in [-0.1, -0.05) is 37.1 Å². The van der Waals surface area contributed by atoms with Crippen LogP contribution in [0.4, 0.5) is 0 Å². The highest BCUT2D eigenvalue weighted by atomic mass is 32.1. The summed E-state index contributed by atoms with van der Waals surface area (Å²) < 4.78 is 14.5. The average Bonchev–Trinajstić information content (AvgIpc) is 3.90. The second-order valence-electron chi connectivity index (χ2n) is 16.7. The van der Waals surface area contributed by atoms with Crippen LogP contribution in [0.1, 0.15) is 133 Å². The van der Waals surface area contributed by atoms with E-state index in [2.05, 4.69) is 72.9 Å². The van der Waals surface area contributed by atoms with Crippen molar-refractivity contribution in [1.82, 2.24) is 0 Å². The number of allylic oxidation sites excluding steroid dienone is 14. The zero-order valence-electron chi connectivity index (χ0n) is 31.5. The molecule has 0 N–H and O–H groups in total. The van der Waals surface area contributed by atoms with Crippen molar-refractivity contribution in [2.45, 2.75) is 114 Å². The number of ether oxygens (including phenoxy) is 2. The van der Waals surface area contributed by atoms with Crippen molar-refractivity contribution in [3.8, 4) is 24.3 Å². The number of nitriles is 4. The topological polar surface area (TPSA) is 114 Å². The highest BCUT2D eigenvalue weighted by Crippen LogP contribution is 2.59. The third-order valence-electron chi connectivity index (χ3n) is 13.5. The molecule has 2 aliphatic heterocycles. The quantitative estimate of drug-likeness (QED) is 0.281. The maximum atomic E-state index is 9.62. The minimum Gasteiger partial charge on any atom is -0.482 e. The molecule has 8 heteroatoms. The summed E-state index contributed by atoms with van der Waals surface area (Å²) in [5.41, 5.74) is 8.94. The zero-order chi connectivity index (χ0) is 38.0. The number of fused-ring (bicyclic) bond motifs is 9. The molecule has 0 radical (unpaired) electrons. The van der Waals surface area contributed by atoms with Crippen LogP contribution in [0.5, 0.6) is 0 Å². The van der Waals surface area contributed by atoms with Crippen molar-refractivity contribution in [3.05, 3.63) is 113 Å². The molecule has 8 aliphatic rings. The lowest BCUT2D eigenvalue weighted by Crippen LogP contribution is -2.37. The Morgan fingerprint density at radius 1 is 0.536 bits per heavy atom. The summed E-state index contributed by atoms with van der Waals surface area (Å²) >= 11 is 3.72. The van der Waals surface area contributed by atoms with Gasteiger partial charge in [0.2, 0.25) is 0 Å². The fourth-order valence-corrected chi connectivity index (χ4v) is 13.3. The Kier molecular flexibility index (Phi) is 8.71. The molecule has 2 fully saturated rings. The lowest BCUT2D eigenvalue weighted by Gasteiger charge is -2.46. The first-order valence-electron chi connectivity index (χ1n) is 20.5. The molecule has 2 atom stereocenters. The van der Waals surface area contributed by atoms with Crippen molar-refractivity contribution in [3.63, 3.8) is 0 Å². The highest BCUT2D eigenvalue weighted by Gasteiger charge is 2.49. The van der Waals surface area contributed by atoms with Gasteiger partial charge in [0.1, 0.15) is 58.1 Å². The van der Waals surface area contributed by atoms with Gasteiger partial charge in [-0.25, -0.2) is 0 Å². The molecule has 2 unspecified atom stereocenters. The first-order valence-corrected chi connectivity index (χ1v) is 22.1. The Morgan fingerprint density at radius 2 is 0.946 bits per heavy atom. The van der Waals surface area contributed by atoms with Crippen molar-refractivity contribution >= 4 is 45.0 Å². The SMILES string of the molecule is N#CC(C#N)=C1C=C(c2cc3c(s2)C2=CC4C=C5OC6(CCCCC6)c6cc(C7=CC(=C(C#N)C#N)CCC7)sc6C5=CC4C=C2OC32CCCCC2)CCC1. The average molecular weight is 771 g/mol. The molecule has 2 saturated carbocycles. The van der Waals surface area contributed by atoms with Gasteiger partial charge in [-0.15, -0.1) is 22.7 Å². The fraction of sp³-hybridized carbons (Fsp3) is 0.417. The van der Waals surface area contributed by atoms with Gasteiger partial charge in [0.15, 0.2) is 0 Å². The second kappa shape index (κ2) is 13.8. The molecule has 6 aliphatic carbocycles. The van der Waals surface area contributed by atoms with Crippen LogP contribution in [0.2, 0.25) is 0 Å². The number of rotatable bonds is 2. The van der Waals surface area contributed by atoms with Gasteiger partial charge in [-0.05, 0) is 136 Å². The van der Waals surface area contributed by atoms with Gasteiger partial charge in [0.25, 0.3) is 0 Å². The molecule has 2 aromatic heterocycles. The predicted octanol–water partition coefficient (Wildman–Crippen LogP) is 12.5. The van der Waals surface area contributed by atoms with E-state index in [0.717, 1.165) is 113 Å². The van der Waals surface area contributed by atoms with E-state index in [4.69, 9.17) is 9.47 Å². The molecule has 278 valence electrons. The third-order valence-corrected chi connectivity index (χ3v) is 15.9. The molecular formula is C48H42N4O2S2. The number of hydrogen-bond donors (Lipinski definition) is 0. The van der Waals surface area contributed by atoms with Gasteiger partial charge in [0.05, 0.1) is 0 Å². The summed E-state index contributed by atoms with van der Waals surface area (Å²) in [7, 11) is 0. The standard InChI is InChI=1S/C48H42N4O2S2/c49-25-35(26-50)29-9-7-11-31(17-29)43-23-39-45(55-43)37-19-34-22-42-38(20-33(34)21-41(37)53-47(39)13-3-1-4-14-47)46-40(48(54-42)15-5-2-6-16-48)24-44(56-46)32-12-8-10-30(18-32)36(27-51)28-52/h17-24,33-34H,1-16H2. The molecule has 6 nitrogen and oxygen atoms in total. The highest BCUT2D eigenvalue weighted by molar-refractivity contribution is 7.15. The van der Waals surface area contributed by atoms with E-state index >= 15 is 0 Å². The van der Waals surface area contributed by atoms with Crippen LogP contribution in [0.3, 0.4) is 0 Å². The first kappa shape index (κ1) is 35.3. The number of thiophene rings is 2. The lowest BCUT2D eigenvalue weighted by molar-refractivity contribution is -0.0339. The van der Waals surface area contributed by atoms with Crippen LogP contribution in [0.15, 0.2) is 82.4 Å². The maximum absolute atomic E-state index is 9.62. The van der Waals surface area contributed by atoms with Crippen LogP contribution in [0, 0.1) is 57.2 Å². The molecule has 0 amide bonds. The van der Waals surface area contributed by atoms with E-state index in [0.29, 0.717) is 0 Å². The summed E-state index contributed by atoms with van der Waals surface area (Å²) in [6.07, 6.45) is 30.2. The van der Waals surface area contributed by atoms with Gasteiger partial charge < -0.3 is 9.47 Å². The lowest BCUT2D eigenvalue weighted by atomic mass is 9.72. The van der Waals surface area contributed by atoms with Crippen molar-refractivity contribution in [2.24, 2.45) is 11.8 Å². The van der Waals surface area contributed by atoms with E-state index in [-0.39, 0.29) is 34.2 Å². The minimum absolute atomic E-state index is 0.137. The molecule has 10 rings (SSSR count). The molecule has 4 heterocycles. The summed E-state index contributed by atoms with van der Waals surface area (Å²) in [6, 6.07) is 13.2. The molecule has 0 aromatic carbocycles. The number of hydrogen-bond acceptors (Lipinski definition) is 8. The summed E-state index contributed by atoms with van der Waals surface area (Å²) in [5, 5.41) is 38.5. The van der Waals surface area contributed by atoms with Crippen LogP contribution >= 0.6 is 22.7 Å². The number of nitrogens with zero attached hydrogens (tertiary/aromatic N) is 4. The monoisotopic (exact) mass is 770 g/mol. The maximum Gasteiger partial charge on any atom is 0.135 e. The van der Waals surface area contributed by atoms with Gasteiger partial charge in [-0.3, -0.25) is 0 Å². The van der Waals surface area contributed by atoms with E-state index in [9.17, 15) is 21.0 Å². The van der Waals surface area contributed by atoms with Gasteiger partial charge in [-0.2, -0.15) is 21.0 Å². The predicted molar refractivity (Wildman–Crippen MR) is 220 cm³/mol. The second-order valence-corrected chi connectivity index (χ2v) is 18.8. The molecule has 2 spiro atoms. The largest absolute Gasteiger partial charge is 0.482 e. The van der Waals surface area contributed by atoms with E-state index < -0.39 is 0 Å². The summed E-state index contributed by atoms with van der Waals surface area (Å²) in [4.78, 5) is 5.08. The van der Waals surface area contributed by atoms with Gasteiger partial charge in [0, 0.05) is 53.6 Å². The normalized spacial score (nSPS) is 25.1. The Hall–Kier alpha value is -5.12. The van der Waals surface area contributed by atoms with Crippen LogP contribution in [0.25, 0.3) is 22.3 Å². The summed E-state index contributed by atoms with van der Waals surface area (Å²) in [6.45, 7) is 0. The van der Waals surface area contributed by atoms with Crippen LogP contribution < -0.4 is 0 Å². The first-order chi connectivity index (χ1) is 27.4. The van der Waals surface area contributed by atoms with Crippen LogP contribution in [-0.2, 0) is 20.7 Å². The van der Waals surface area contributed by atoms with Crippen molar-refractivity contribution < 1.29 is 9.47 Å². The van der Waals surface area contributed by atoms with E-state index in [1.54, 1.807) is 0 Å². The van der Waals surface area contributed by atoms with Crippen LogP contribution in [-0.4, -0.2) is 0 Å². The Labute approximate surface area is 337 Å². The third kappa shape index (κ3) is 5.65. The molecule has 0 saturated heterocycles. The smallest absolute Gasteiger partial charge is 0.135 e. The summed E-state index contributed by atoms with van der Waals surface area (Å²) in [5.74, 6) is 2.28. The van der Waals surface area contributed by atoms with E-state index in [1.165, 1.54) is 65.8 Å². The Morgan fingerprint density at radius 3 is 1.34 bits per heavy atom. The molecule has 0 bridgehead atoms. The minimum atomic E-state index is -0.339. The fourth-order valence-electron chi connectivity index (χ4n) is 10.6. The Balaban J connectivity index is 1.06. The molecule has 56 heavy (non-hydrogen) atoms. The van der Waals surface area contributed by atoms with Gasteiger partial charge >= 0.3 is 0 Å². The van der Waals surface area contributed by atoms with Crippen molar-refractivity contribution in [1.29, 1.82) is 21.0 Å².